The van der Waals surface area contributed by atoms with Crippen molar-refractivity contribution in [3.05, 3.63) is 23.8 Å². The molecule has 0 aromatic rings. The van der Waals surface area contributed by atoms with Crippen molar-refractivity contribution in [1.82, 2.24) is 0 Å². The fraction of sp³-hybridized carbons (Fsp3) is 0.500. The summed E-state index contributed by atoms with van der Waals surface area (Å²) >= 11 is 0. The number of nitrogens with one attached hydrogen (secondary N) is 1. The van der Waals surface area contributed by atoms with Crippen LogP contribution in [0.15, 0.2) is 23.8 Å². The first-order valence-corrected chi connectivity index (χ1v) is 4.30. The molecule has 0 heterocycles. The smallest absolute Gasteiger partial charge is 0.118 e. The Kier molecular flexibility index (Phi) is 2.69. The average molecular weight is 164 g/mol. The Morgan fingerprint density at radius 3 is 2.75 bits per heavy atom. The lowest BCUT2D eigenvalue weighted by Crippen LogP contribution is -2.17. The molecule has 0 saturated heterocycles. The summed E-state index contributed by atoms with van der Waals surface area (Å²) in [6.45, 7) is 6.00. The predicted molar refractivity (Wildman–Crippen MR) is 52.2 cm³/mol. The quantitative estimate of drug-likeness (QED) is 0.367. The molecule has 1 atom stereocenters. The van der Waals surface area contributed by atoms with E-state index in [9.17, 15) is 0 Å². The highest BCUT2D eigenvalue weighted by Crippen LogP contribution is 2.27. The molecular weight excluding hydrogens is 148 g/mol. The molecule has 66 valence electrons. The van der Waals surface area contributed by atoms with Crippen molar-refractivity contribution in [2.45, 2.75) is 26.2 Å². The van der Waals surface area contributed by atoms with Gasteiger partial charge in [0, 0.05) is 0 Å². The Balaban J connectivity index is 2.59. The van der Waals surface area contributed by atoms with E-state index < -0.39 is 0 Å². The number of hydrogen-bond acceptors (Lipinski definition) is 1. The minimum absolute atomic E-state index is 0.232. The van der Waals surface area contributed by atoms with Crippen LogP contribution >= 0.6 is 0 Å². The minimum Gasteiger partial charge on any atom is -0.384 e. The van der Waals surface area contributed by atoms with E-state index in [2.05, 4.69) is 19.6 Å². The van der Waals surface area contributed by atoms with Gasteiger partial charge in [-0.2, -0.15) is 0 Å². The summed E-state index contributed by atoms with van der Waals surface area (Å²) in [6.07, 6.45) is 5.11. The number of amidine groups is 1. The molecule has 0 spiro atoms. The maximum atomic E-state index is 7.25. The Morgan fingerprint density at radius 1 is 1.75 bits per heavy atom. The highest BCUT2D eigenvalue weighted by Gasteiger charge is 2.15. The van der Waals surface area contributed by atoms with Crippen LogP contribution in [0.25, 0.3) is 0 Å². The van der Waals surface area contributed by atoms with Crippen LogP contribution in [0.1, 0.15) is 26.2 Å². The van der Waals surface area contributed by atoms with Gasteiger partial charge in [0.25, 0.3) is 0 Å². The van der Waals surface area contributed by atoms with Gasteiger partial charge in [0.2, 0.25) is 0 Å². The van der Waals surface area contributed by atoms with E-state index >= 15 is 0 Å². The molecule has 0 radical (unpaired) electrons. The lowest BCUT2D eigenvalue weighted by atomic mass is 9.85. The van der Waals surface area contributed by atoms with Crippen LogP contribution in [0, 0.1) is 11.3 Å². The molecular formula is C10H16N2. The van der Waals surface area contributed by atoms with E-state index in [-0.39, 0.29) is 5.84 Å². The van der Waals surface area contributed by atoms with Crippen LogP contribution in [-0.4, -0.2) is 5.84 Å². The number of nitrogens with two attached hydrogens (primary N) is 1. The molecule has 0 amide bonds. The van der Waals surface area contributed by atoms with Crippen molar-refractivity contribution in [2.24, 2.45) is 11.7 Å². The summed E-state index contributed by atoms with van der Waals surface area (Å²) in [5.41, 5.74) is 7.63. The maximum absolute atomic E-state index is 7.25. The summed E-state index contributed by atoms with van der Waals surface area (Å²) in [5.74, 6) is 0.836. The van der Waals surface area contributed by atoms with E-state index in [0.717, 1.165) is 24.8 Å². The lowest BCUT2D eigenvalue weighted by molar-refractivity contribution is 0.547. The molecule has 1 aliphatic carbocycles. The second-order valence-electron chi connectivity index (χ2n) is 3.46. The van der Waals surface area contributed by atoms with E-state index in [0.29, 0.717) is 5.92 Å². The standard InChI is InChI=1S/C10H16N2/c1-7(2)8-3-5-9(6-4-8)10(11)12/h5,8H,1,3-4,6H2,2H3,(H3,11,12)/t8-/m1/s1. The maximum Gasteiger partial charge on any atom is 0.118 e. The third-order valence-electron chi connectivity index (χ3n) is 2.45. The Hall–Kier alpha value is -1.05. The molecule has 2 heteroatoms. The van der Waals surface area contributed by atoms with Crippen molar-refractivity contribution < 1.29 is 0 Å². The molecule has 3 N–H and O–H groups in total. The van der Waals surface area contributed by atoms with Crippen LogP contribution in [0.5, 0.6) is 0 Å². The van der Waals surface area contributed by atoms with Crippen LogP contribution in [-0.2, 0) is 0 Å². The van der Waals surface area contributed by atoms with Gasteiger partial charge in [0.15, 0.2) is 0 Å². The fourth-order valence-electron chi connectivity index (χ4n) is 1.53. The first-order valence-electron chi connectivity index (χ1n) is 4.30. The molecule has 2 nitrogen and oxygen atoms in total. The third-order valence-corrected chi connectivity index (χ3v) is 2.45. The van der Waals surface area contributed by atoms with Gasteiger partial charge in [-0.05, 0) is 37.7 Å². The molecule has 12 heavy (non-hydrogen) atoms. The SMILES string of the molecule is C=C(C)[C@@H]1CC=C(C(=N)N)CC1. The van der Waals surface area contributed by atoms with Gasteiger partial charge in [0.1, 0.15) is 5.84 Å². The first-order chi connectivity index (χ1) is 5.61. The summed E-state index contributed by atoms with van der Waals surface area (Å²) in [4.78, 5) is 0. The van der Waals surface area contributed by atoms with Gasteiger partial charge in [-0.15, -0.1) is 0 Å². The highest BCUT2D eigenvalue weighted by molar-refractivity contribution is 5.94. The fourth-order valence-corrected chi connectivity index (χ4v) is 1.53. The number of allylic oxidation sites excluding steroid dienone is 2. The van der Waals surface area contributed by atoms with Crippen LogP contribution < -0.4 is 5.73 Å². The molecule has 0 unspecified atom stereocenters. The Bertz CT molecular complexity index is 238. The topological polar surface area (TPSA) is 49.9 Å². The Labute approximate surface area is 73.7 Å². The number of hydrogen-bond donors (Lipinski definition) is 2. The van der Waals surface area contributed by atoms with E-state index in [1.165, 1.54) is 5.57 Å². The normalized spacial score (nSPS) is 23.1. The molecule has 0 fully saturated rings. The lowest BCUT2D eigenvalue weighted by Gasteiger charge is -2.21. The summed E-state index contributed by atoms with van der Waals surface area (Å²) in [5, 5.41) is 7.25. The van der Waals surface area contributed by atoms with E-state index in [1.54, 1.807) is 0 Å². The zero-order valence-electron chi connectivity index (χ0n) is 7.56. The van der Waals surface area contributed by atoms with E-state index in [1.807, 2.05) is 0 Å². The number of rotatable bonds is 2. The highest BCUT2D eigenvalue weighted by atomic mass is 14.7. The molecule has 1 rings (SSSR count). The van der Waals surface area contributed by atoms with Gasteiger partial charge < -0.3 is 5.73 Å². The van der Waals surface area contributed by atoms with Crippen molar-refractivity contribution in [3.63, 3.8) is 0 Å². The zero-order chi connectivity index (χ0) is 9.14. The van der Waals surface area contributed by atoms with Gasteiger partial charge in [-0.25, -0.2) is 0 Å². The van der Waals surface area contributed by atoms with Crippen molar-refractivity contribution in [3.8, 4) is 0 Å². The summed E-state index contributed by atoms with van der Waals surface area (Å²) in [7, 11) is 0. The second kappa shape index (κ2) is 3.57. The van der Waals surface area contributed by atoms with Crippen LogP contribution in [0.4, 0.5) is 0 Å². The zero-order valence-corrected chi connectivity index (χ0v) is 7.56. The monoisotopic (exact) mass is 164 g/mol. The van der Waals surface area contributed by atoms with Gasteiger partial charge in [0.05, 0.1) is 0 Å². The average Bonchev–Trinajstić information content (AvgIpc) is 2.04. The van der Waals surface area contributed by atoms with E-state index in [4.69, 9.17) is 11.1 Å². The first kappa shape index (κ1) is 9.04. The van der Waals surface area contributed by atoms with Crippen molar-refractivity contribution in [1.29, 1.82) is 5.41 Å². The second-order valence-corrected chi connectivity index (χ2v) is 3.46. The van der Waals surface area contributed by atoms with Gasteiger partial charge in [-0.1, -0.05) is 18.2 Å². The molecule has 0 aromatic carbocycles. The van der Waals surface area contributed by atoms with Crippen LogP contribution in [0.2, 0.25) is 0 Å². The summed E-state index contributed by atoms with van der Waals surface area (Å²) < 4.78 is 0. The predicted octanol–water partition coefficient (Wildman–Crippen LogP) is 2.22. The van der Waals surface area contributed by atoms with Gasteiger partial charge in [-0.3, -0.25) is 5.41 Å². The van der Waals surface area contributed by atoms with Gasteiger partial charge >= 0.3 is 0 Å². The molecule has 0 aromatic heterocycles. The Morgan fingerprint density at radius 2 is 2.42 bits per heavy atom. The largest absolute Gasteiger partial charge is 0.384 e. The molecule has 0 bridgehead atoms. The molecule has 0 aliphatic heterocycles. The summed E-state index contributed by atoms with van der Waals surface area (Å²) in [6, 6.07) is 0. The van der Waals surface area contributed by atoms with Crippen molar-refractivity contribution >= 4 is 5.84 Å². The molecule has 0 saturated carbocycles. The third kappa shape index (κ3) is 1.97. The molecule has 1 aliphatic rings. The van der Waals surface area contributed by atoms with Crippen LogP contribution in [0.3, 0.4) is 0 Å². The van der Waals surface area contributed by atoms with Crippen molar-refractivity contribution in [2.75, 3.05) is 0 Å². The minimum atomic E-state index is 0.232.